The fraction of sp³-hybridized carbons (Fsp3) is 0.154. The van der Waals surface area contributed by atoms with E-state index >= 15 is 0 Å². The highest BCUT2D eigenvalue weighted by Gasteiger charge is 2.35. The van der Waals surface area contributed by atoms with Crippen LogP contribution in [0.15, 0.2) is 36.7 Å². The highest BCUT2D eigenvalue weighted by atomic mass is 19.4. The van der Waals surface area contributed by atoms with Gasteiger partial charge in [-0.1, -0.05) is 0 Å². The zero-order valence-corrected chi connectivity index (χ0v) is 9.83. The van der Waals surface area contributed by atoms with E-state index in [1.54, 1.807) is 0 Å². The number of hydrogen-bond acceptors (Lipinski definition) is 2. The molecule has 0 spiro atoms. The minimum absolute atomic E-state index is 0.319. The Labute approximate surface area is 110 Å². The van der Waals surface area contributed by atoms with Crippen LogP contribution in [-0.2, 0) is 6.18 Å². The minimum Gasteiger partial charge on any atom is -0.384 e. The Bertz CT molecular complexity index is 606. The summed E-state index contributed by atoms with van der Waals surface area (Å²) in [5.41, 5.74) is -1.99. The van der Waals surface area contributed by atoms with Crippen molar-refractivity contribution in [3.05, 3.63) is 65.0 Å². The van der Waals surface area contributed by atoms with E-state index in [9.17, 15) is 27.1 Å². The van der Waals surface area contributed by atoms with Crippen molar-refractivity contribution >= 4 is 0 Å². The Morgan fingerprint density at radius 3 is 2.20 bits per heavy atom. The van der Waals surface area contributed by atoms with Crippen LogP contribution in [0.3, 0.4) is 0 Å². The SMILES string of the molecule is OC(c1cc(F)cc(F)c1)c1cnccc1C(F)(F)F. The molecule has 1 heterocycles. The quantitative estimate of drug-likeness (QED) is 0.859. The number of aliphatic hydroxyl groups is 1. The second-order valence-electron chi connectivity index (χ2n) is 4.07. The van der Waals surface area contributed by atoms with Gasteiger partial charge in [0.05, 0.1) is 5.56 Å². The largest absolute Gasteiger partial charge is 0.416 e. The molecule has 1 aromatic carbocycles. The molecule has 7 heteroatoms. The van der Waals surface area contributed by atoms with Crippen molar-refractivity contribution in [3.8, 4) is 0 Å². The maximum atomic E-state index is 13.0. The zero-order valence-electron chi connectivity index (χ0n) is 9.83. The molecule has 106 valence electrons. The van der Waals surface area contributed by atoms with Crippen LogP contribution in [0.25, 0.3) is 0 Å². The highest BCUT2D eigenvalue weighted by Crippen LogP contribution is 2.36. The van der Waals surface area contributed by atoms with Crippen molar-refractivity contribution in [2.75, 3.05) is 0 Å². The Morgan fingerprint density at radius 2 is 1.65 bits per heavy atom. The summed E-state index contributed by atoms with van der Waals surface area (Å²) >= 11 is 0. The van der Waals surface area contributed by atoms with Gasteiger partial charge in [-0.3, -0.25) is 4.98 Å². The van der Waals surface area contributed by atoms with E-state index in [0.717, 1.165) is 24.5 Å². The lowest BCUT2D eigenvalue weighted by molar-refractivity contribution is -0.139. The van der Waals surface area contributed by atoms with Crippen LogP contribution in [0.2, 0.25) is 0 Å². The van der Waals surface area contributed by atoms with Crippen molar-refractivity contribution in [1.82, 2.24) is 4.98 Å². The summed E-state index contributed by atoms with van der Waals surface area (Å²) in [6.45, 7) is 0. The van der Waals surface area contributed by atoms with Crippen molar-refractivity contribution < 1.29 is 27.1 Å². The van der Waals surface area contributed by atoms with Crippen molar-refractivity contribution in [3.63, 3.8) is 0 Å². The monoisotopic (exact) mass is 289 g/mol. The second kappa shape index (κ2) is 5.16. The Morgan fingerprint density at radius 1 is 1.05 bits per heavy atom. The third-order valence-corrected chi connectivity index (χ3v) is 2.65. The number of aromatic nitrogens is 1. The number of rotatable bonds is 2. The van der Waals surface area contributed by atoms with Gasteiger partial charge >= 0.3 is 6.18 Å². The molecule has 1 atom stereocenters. The minimum atomic E-state index is -4.70. The van der Waals surface area contributed by atoms with Crippen LogP contribution in [0.4, 0.5) is 22.0 Å². The fourth-order valence-corrected chi connectivity index (χ4v) is 1.80. The maximum Gasteiger partial charge on any atom is 0.416 e. The van der Waals surface area contributed by atoms with Gasteiger partial charge in [0.1, 0.15) is 17.7 Å². The van der Waals surface area contributed by atoms with Crippen molar-refractivity contribution in [1.29, 1.82) is 0 Å². The number of alkyl halides is 3. The molecule has 2 aromatic rings. The van der Waals surface area contributed by atoms with Crippen LogP contribution >= 0.6 is 0 Å². The van der Waals surface area contributed by atoms with Gasteiger partial charge < -0.3 is 5.11 Å². The molecule has 0 bridgehead atoms. The van der Waals surface area contributed by atoms with Gasteiger partial charge in [0.2, 0.25) is 0 Å². The first kappa shape index (κ1) is 14.4. The molecule has 1 aromatic heterocycles. The predicted octanol–water partition coefficient (Wildman–Crippen LogP) is 3.46. The van der Waals surface area contributed by atoms with E-state index in [0.29, 0.717) is 12.1 Å². The average molecular weight is 289 g/mol. The van der Waals surface area contributed by atoms with E-state index in [1.165, 1.54) is 0 Å². The Hall–Kier alpha value is -2.02. The smallest absolute Gasteiger partial charge is 0.384 e. The standard InChI is InChI=1S/C13H8F5NO/c14-8-3-7(4-9(15)5-8)12(20)10-6-19-2-1-11(10)13(16,17)18/h1-6,12,20H. The van der Waals surface area contributed by atoms with Crippen molar-refractivity contribution in [2.24, 2.45) is 0 Å². The van der Waals surface area contributed by atoms with Gasteiger partial charge in [0.25, 0.3) is 0 Å². The van der Waals surface area contributed by atoms with Crippen LogP contribution in [0.1, 0.15) is 22.8 Å². The molecule has 0 saturated heterocycles. The van der Waals surface area contributed by atoms with Gasteiger partial charge in [0, 0.05) is 24.0 Å². The number of halogens is 5. The Balaban J connectivity index is 2.51. The first-order chi connectivity index (χ1) is 9.29. The summed E-state index contributed by atoms with van der Waals surface area (Å²) in [6.07, 6.45) is -4.79. The summed E-state index contributed by atoms with van der Waals surface area (Å²) in [4.78, 5) is 3.50. The molecule has 0 aliphatic heterocycles. The average Bonchev–Trinajstić information content (AvgIpc) is 2.35. The topological polar surface area (TPSA) is 33.1 Å². The molecular weight excluding hydrogens is 281 g/mol. The van der Waals surface area contributed by atoms with E-state index in [-0.39, 0.29) is 5.56 Å². The number of aliphatic hydroxyl groups excluding tert-OH is 1. The molecule has 2 nitrogen and oxygen atoms in total. The second-order valence-corrected chi connectivity index (χ2v) is 4.07. The maximum absolute atomic E-state index is 13.0. The van der Waals surface area contributed by atoms with Gasteiger partial charge in [-0.2, -0.15) is 13.2 Å². The highest BCUT2D eigenvalue weighted by molar-refractivity contribution is 5.35. The first-order valence-electron chi connectivity index (χ1n) is 5.44. The molecule has 0 saturated carbocycles. The van der Waals surface area contributed by atoms with Gasteiger partial charge in [-0.25, -0.2) is 8.78 Å². The van der Waals surface area contributed by atoms with Crippen LogP contribution in [0.5, 0.6) is 0 Å². The lowest BCUT2D eigenvalue weighted by Gasteiger charge is -2.17. The zero-order chi connectivity index (χ0) is 14.9. The predicted molar refractivity (Wildman–Crippen MR) is 59.7 cm³/mol. The lowest BCUT2D eigenvalue weighted by atomic mass is 9.98. The van der Waals surface area contributed by atoms with E-state index in [4.69, 9.17) is 0 Å². The third kappa shape index (κ3) is 2.93. The van der Waals surface area contributed by atoms with Crippen LogP contribution in [-0.4, -0.2) is 10.1 Å². The number of hydrogen-bond donors (Lipinski definition) is 1. The lowest BCUT2D eigenvalue weighted by Crippen LogP contribution is -2.13. The molecule has 0 amide bonds. The molecule has 20 heavy (non-hydrogen) atoms. The molecule has 0 fully saturated rings. The van der Waals surface area contributed by atoms with Crippen LogP contribution in [0, 0.1) is 11.6 Å². The van der Waals surface area contributed by atoms with Gasteiger partial charge in [0.15, 0.2) is 0 Å². The first-order valence-corrected chi connectivity index (χ1v) is 5.44. The molecule has 0 aliphatic carbocycles. The summed E-state index contributed by atoms with van der Waals surface area (Å²) < 4.78 is 64.5. The van der Waals surface area contributed by atoms with Crippen molar-refractivity contribution in [2.45, 2.75) is 12.3 Å². The molecule has 2 rings (SSSR count). The number of benzene rings is 1. The normalized spacial score (nSPS) is 13.3. The fourth-order valence-electron chi connectivity index (χ4n) is 1.80. The summed E-state index contributed by atoms with van der Waals surface area (Å²) in [7, 11) is 0. The molecule has 0 radical (unpaired) electrons. The van der Waals surface area contributed by atoms with Crippen LogP contribution < -0.4 is 0 Å². The van der Waals surface area contributed by atoms with Gasteiger partial charge in [-0.15, -0.1) is 0 Å². The van der Waals surface area contributed by atoms with E-state index in [1.807, 2.05) is 0 Å². The third-order valence-electron chi connectivity index (χ3n) is 2.65. The summed E-state index contributed by atoms with van der Waals surface area (Å²) in [5, 5.41) is 9.91. The van der Waals surface area contributed by atoms with Gasteiger partial charge in [-0.05, 0) is 23.8 Å². The number of pyridine rings is 1. The number of nitrogens with zero attached hydrogens (tertiary/aromatic N) is 1. The Kier molecular flexibility index (Phi) is 3.71. The summed E-state index contributed by atoms with van der Waals surface area (Å²) in [6, 6.07) is 2.78. The van der Waals surface area contributed by atoms with E-state index < -0.39 is 35.0 Å². The summed E-state index contributed by atoms with van der Waals surface area (Å²) in [5.74, 6) is -1.98. The van der Waals surface area contributed by atoms with E-state index in [2.05, 4.69) is 4.98 Å². The molecular formula is C13H8F5NO. The molecule has 1 unspecified atom stereocenters. The molecule has 1 N–H and O–H groups in total. The molecule has 0 aliphatic rings.